The molecule has 2 aliphatic heterocycles. The van der Waals surface area contributed by atoms with Crippen molar-refractivity contribution in [3.05, 3.63) is 0 Å². The van der Waals surface area contributed by atoms with E-state index in [1.165, 1.54) is 19.3 Å². The van der Waals surface area contributed by atoms with Gasteiger partial charge in [-0.15, -0.1) is 24.0 Å². The summed E-state index contributed by atoms with van der Waals surface area (Å²) in [4.78, 5) is 26.6. The minimum absolute atomic E-state index is 0. The van der Waals surface area contributed by atoms with E-state index < -0.39 is 0 Å². The van der Waals surface area contributed by atoms with Gasteiger partial charge in [-0.25, -0.2) is 0 Å². The van der Waals surface area contributed by atoms with E-state index in [9.17, 15) is 4.79 Å². The maximum Gasteiger partial charge on any atom is 0.225 e. The molecule has 3 aliphatic rings. The van der Waals surface area contributed by atoms with Crippen molar-refractivity contribution >= 4 is 35.8 Å². The summed E-state index contributed by atoms with van der Waals surface area (Å²) in [5, 5.41) is 3.57. The van der Waals surface area contributed by atoms with E-state index in [1.807, 2.05) is 7.05 Å². The van der Waals surface area contributed by atoms with E-state index in [1.54, 1.807) is 0 Å². The van der Waals surface area contributed by atoms with Crippen LogP contribution in [0.25, 0.3) is 0 Å². The third-order valence-corrected chi connectivity index (χ3v) is 7.10. The Balaban J connectivity index is 0.00000320. The molecule has 0 aromatic heterocycles. The van der Waals surface area contributed by atoms with Crippen molar-refractivity contribution in [2.75, 3.05) is 72.5 Å². The monoisotopic (exact) mass is 534 g/mol. The molecule has 2 saturated heterocycles. The minimum Gasteiger partial charge on any atom is -0.355 e. The number of guanidine groups is 1. The number of likely N-dealkylation sites (N-methyl/N-ethyl adjacent to an activating group) is 1. The average molecular weight is 535 g/mol. The number of nitrogens with one attached hydrogen (secondary N) is 1. The third kappa shape index (κ3) is 6.69. The van der Waals surface area contributed by atoms with Gasteiger partial charge in [0.05, 0.1) is 0 Å². The predicted octanol–water partition coefficient (Wildman–Crippen LogP) is 1.93. The van der Waals surface area contributed by atoms with Gasteiger partial charge in [0.1, 0.15) is 0 Å². The summed E-state index contributed by atoms with van der Waals surface area (Å²) in [6.07, 6.45) is 5.90. The molecule has 0 aromatic carbocycles. The molecule has 0 bridgehead atoms. The van der Waals surface area contributed by atoms with Crippen LogP contribution in [-0.2, 0) is 4.79 Å². The molecule has 1 saturated carbocycles. The molecule has 1 aliphatic carbocycles. The van der Waals surface area contributed by atoms with Gasteiger partial charge in [-0.3, -0.25) is 19.6 Å². The van der Waals surface area contributed by atoms with Crippen molar-refractivity contribution in [3.63, 3.8) is 0 Å². The Morgan fingerprint density at radius 3 is 2.27 bits per heavy atom. The van der Waals surface area contributed by atoms with E-state index in [0.29, 0.717) is 17.9 Å². The maximum atomic E-state index is 12.6. The lowest BCUT2D eigenvalue weighted by Crippen LogP contribution is -2.52. The van der Waals surface area contributed by atoms with Crippen LogP contribution in [0.15, 0.2) is 4.99 Å². The highest BCUT2D eigenvalue weighted by Crippen LogP contribution is 2.26. The summed E-state index contributed by atoms with van der Waals surface area (Å²) in [6, 6.07) is 0.647. The van der Waals surface area contributed by atoms with Crippen molar-refractivity contribution in [1.29, 1.82) is 0 Å². The van der Waals surface area contributed by atoms with Crippen LogP contribution in [0.3, 0.4) is 0 Å². The van der Waals surface area contributed by atoms with Gasteiger partial charge in [0.25, 0.3) is 0 Å². The van der Waals surface area contributed by atoms with E-state index in [0.717, 1.165) is 84.2 Å². The molecule has 0 spiro atoms. The second kappa shape index (κ2) is 13.1. The molecule has 3 rings (SSSR count). The zero-order valence-electron chi connectivity index (χ0n) is 19.3. The number of amides is 1. The molecule has 7 nitrogen and oxygen atoms in total. The molecule has 3 fully saturated rings. The summed E-state index contributed by atoms with van der Waals surface area (Å²) in [5.74, 6) is 1.76. The zero-order valence-corrected chi connectivity index (χ0v) is 21.6. The van der Waals surface area contributed by atoms with Crippen LogP contribution in [-0.4, -0.2) is 110 Å². The molecule has 0 radical (unpaired) electrons. The molecule has 30 heavy (non-hydrogen) atoms. The van der Waals surface area contributed by atoms with Gasteiger partial charge in [-0.1, -0.05) is 26.7 Å². The minimum atomic E-state index is 0. The number of hydrogen-bond acceptors (Lipinski definition) is 4. The first-order valence-electron chi connectivity index (χ1n) is 11.9. The first-order valence-corrected chi connectivity index (χ1v) is 11.9. The van der Waals surface area contributed by atoms with Crippen LogP contribution in [0.1, 0.15) is 46.0 Å². The van der Waals surface area contributed by atoms with Crippen molar-refractivity contribution in [3.8, 4) is 0 Å². The molecule has 174 valence electrons. The lowest BCUT2D eigenvalue weighted by Gasteiger charge is -2.36. The van der Waals surface area contributed by atoms with E-state index >= 15 is 0 Å². The molecule has 1 unspecified atom stereocenters. The zero-order chi connectivity index (χ0) is 20.6. The maximum absolute atomic E-state index is 12.6. The SMILES string of the molecule is CCN(CC)C1CCN(C(=NC)NCCN2CCN(C(=O)C3CCCC3)CC2)C1.I. The number of rotatable bonds is 7. The van der Waals surface area contributed by atoms with E-state index in [4.69, 9.17) is 0 Å². The second-order valence-corrected chi connectivity index (χ2v) is 8.73. The Hall–Kier alpha value is -0.610. The summed E-state index contributed by atoms with van der Waals surface area (Å²) in [6.45, 7) is 14.6. The summed E-state index contributed by atoms with van der Waals surface area (Å²) < 4.78 is 0. The van der Waals surface area contributed by atoms with Crippen LogP contribution in [0.4, 0.5) is 0 Å². The molecular weight excluding hydrogens is 491 g/mol. The van der Waals surface area contributed by atoms with Crippen LogP contribution in [0, 0.1) is 5.92 Å². The first-order chi connectivity index (χ1) is 14.2. The number of nitrogens with zero attached hydrogens (tertiary/aromatic N) is 5. The van der Waals surface area contributed by atoms with Crippen molar-refractivity contribution in [2.24, 2.45) is 10.9 Å². The quantitative estimate of drug-likeness (QED) is 0.308. The van der Waals surface area contributed by atoms with Crippen molar-refractivity contribution < 1.29 is 4.79 Å². The highest BCUT2D eigenvalue weighted by atomic mass is 127. The van der Waals surface area contributed by atoms with Gasteiger partial charge >= 0.3 is 0 Å². The molecule has 8 heteroatoms. The Morgan fingerprint density at radius 2 is 1.67 bits per heavy atom. The summed E-state index contributed by atoms with van der Waals surface area (Å²) in [5.41, 5.74) is 0. The largest absolute Gasteiger partial charge is 0.355 e. The molecule has 1 atom stereocenters. The number of likely N-dealkylation sites (tertiary alicyclic amines) is 1. The Bertz CT molecular complexity index is 542. The molecule has 0 aromatic rings. The fourth-order valence-electron chi connectivity index (χ4n) is 5.25. The topological polar surface area (TPSA) is 54.4 Å². The van der Waals surface area contributed by atoms with Crippen molar-refractivity contribution in [2.45, 2.75) is 52.0 Å². The van der Waals surface area contributed by atoms with E-state index in [-0.39, 0.29) is 24.0 Å². The standard InChI is InChI=1S/C22H42N6O.HI/c1-4-26(5-2)20-10-12-28(18-20)22(23-3)24-11-13-25-14-16-27(17-15-25)21(29)19-8-6-7-9-19;/h19-20H,4-18H2,1-3H3,(H,23,24);1H. The Labute approximate surface area is 200 Å². The molecule has 2 heterocycles. The van der Waals surface area contributed by atoms with Gasteiger partial charge in [-0.2, -0.15) is 0 Å². The van der Waals surface area contributed by atoms with Crippen molar-refractivity contribution in [1.82, 2.24) is 24.9 Å². The molecule has 1 N–H and O–H groups in total. The van der Waals surface area contributed by atoms with Gasteiger partial charge in [0.15, 0.2) is 5.96 Å². The van der Waals surface area contributed by atoms with Gasteiger partial charge in [-0.05, 0) is 32.4 Å². The fourth-order valence-corrected chi connectivity index (χ4v) is 5.25. The fraction of sp³-hybridized carbons (Fsp3) is 0.909. The number of carbonyl (C=O) groups excluding carboxylic acids is 1. The second-order valence-electron chi connectivity index (χ2n) is 8.73. The normalized spacial score (nSPS) is 23.9. The highest BCUT2D eigenvalue weighted by Gasteiger charge is 2.30. The lowest BCUT2D eigenvalue weighted by atomic mass is 10.1. The number of aliphatic imine (C=N–C) groups is 1. The smallest absolute Gasteiger partial charge is 0.225 e. The third-order valence-electron chi connectivity index (χ3n) is 7.10. The highest BCUT2D eigenvalue weighted by molar-refractivity contribution is 14.0. The van der Waals surface area contributed by atoms with E-state index in [2.05, 4.69) is 43.8 Å². The lowest BCUT2D eigenvalue weighted by molar-refractivity contribution is -0.137. The number of hydrogen-bond donors (Lipinski definition) is 1. The Kier molecular flexibility index (Phi) is 11.2. The summed E-state index contributed by atoms with van der Waals surface area (Å²) in [7, 11) is 1.89. The average Bonchev–Trinajstić information content (AvgIpc) is 3.45. The predicted molar refractivity (Wildman–Crippen MR) is 135 cm³/mol. The number of carbonyl (C=O) groups is 1. The Morgan fingerprint density at radius 1 is 1.00 bits per heavy atom. The molecule has 1 amide bonds. The summed E-state index contributed by atoms with van der Waals surface area (Å²) >= 11 is 0. The van der Waals surface area contributed by atoms with Crippen LogP contribution < -0.4 is 5.32 Å². The number of halogens is 1. The first kappa shape index (κ1) is 25.6. The molecular formula is C22H43IN6O. The van der Waals surface area contributed by atoms with Crippen LogP contribution in [0.5, 0.6) is 0 Å². The van der Waals surface area contributed by atoms with Crippen LogP contribution >= 0.6 is 24.0 Å². The van der Waals surface area contributed by atoms with Gasteiger partial charge in [0, 0.05) is 71.4 Å². The van der Waals surface area contributed by atoms with Gasteiger partial charge in [0.2, 0.25) is 5.91 Å². The van der Waals surface area contributed by atoms with Crippen LogP contribution in [0.2, 0.25) is 0 Å². The number of piperazine rings is 1. The van der Waals surface area contributed by atoms with Gasteiger partial charge < -0.3 is 15.1 Å².